The van der Waals surface area contributed by atoms with E-state index in [-0.39, 0.29) is 0 Å². The van der Waals surface area contributed by atoms with Crippen LogP contribution in [0.25, 0.3) is 0 Å². The molecule has 0 aliphatic rings. The number of aliphatic hydroxyl groups excluding tert-OH is 1. The molecule has 0 aliphatic carbocycles. The van der Waals surface area contributed by atoms with E-state index in [0.717, 1.165) is 32.5 Å². The van der Waals surface area contributed by atoms with E-state index in [1.54, 1.807) is 0 Å². The summed E-state index contributed by atoms with van der Waals surface area (Å²) in [5, 5.41) is 12.2. The molecule has 0 heterocycles. The third kappa shape index (κ3) is 8.48. The molecule has 1 atom stereocenters. The molecule has 0 saturated heterocycles. The van der Waals surface area contributed by atoms with Gasteiger partial charge >= 0.3 is 0 Å². The number of nitrogens with one attached hydrogen (secondary N) is 1. The van der Waals surface area contributed by atoms with Crippen LogP contribution in [0.3, 0.4) is 0 Å². The van der Waals surface area contributed by atoms with Gasteiger partial charge in [-0.3, -0.25) is 0 Å². The van der Waals surface area contributed by atoms with E-state index in [1.807, 2.05) is 0 Å². The van der Waals surface area contributed by atoms with Gasteiger partial charge in [0.05, 0.1) is 0 Å². The molecule has 0 rings (SSSR count). The number of nitrogens with zero attached hydrogens (tertiary/aromatic N) is 1. The summed E-state index contributed by atoms with van der Waals surface area (Å²) < 4.78 is 0. The van der Waals surface area contributed by atoms with Crippen molar-refractivity contribution in [1.29, 1.82) is 0 Å². The van der Waals surface area contributed by atoms with Crippen LogP contribution in [-0.2, 0) is 0 Å². The van der Waals surface area contributed by atoms with Gasteiger partial charge in [-0.2, -0.15) is 0 Å². The van der Waals surface area contributed by atoms with Crippen LogP contribution >= 0.6 is 0 Å². The topological polar surface area (TPSA) is 35.5 Å². The SMILES string of the molecule is CCC(CCO)CNCCCN(C)C. The van der Waals surface area contributed by atoms with Gasteiger partial charge in [0, 0.05) is 6.61 Å². The Bertz CT molecular complexity index is 118. The maximum absolute atomic E-state index is 8.81. The van der Waals surface area contributed by atoms with E-state index in [4.69, 9.17) is 5.11 Å². The van der Waals surface area contributed by atoms with Crippen LogP contribution < -0.4 is 5.32 Å². The van der Waals surface area contributed by atoms with Crippen molar-refractivity contribution in [3.05, 3.63) is 0 Å². The molecule has 0 fully saturated rings. The number of hydrogen-bond acceptors (Lipinski definition) is 3. The highest BCUT2D eigenvalue weighted by molar-refractivity contribution is 4.60. The molecule has 0 aromatic heterocycles. The lowest BCUT2D eigenvalue weighted by atomic mass is 10.0. The molecule has 14 heavy (non-hydrogen) atoms. The lowest BCUT2D eigenvalue weighted by Gasteiger charge is -2.15. The lowest BCUT2D eigenvalue weighted by molar-refractivity contribution is 0.251. The summed E-state index contributed by atoms with van der Waals surface area (Å²) in [6.07, 6.45) is 3.28. The molecule has 0 radical (unpaired) electrons. The van der Waals surface area contributed by atoms with E-state index < -0.39 is 0 Å². The van der Waals surface area contributed by atoms with Crippen LogP contribution in [0, 0.1) is 5.92 Å². The Morgan fingerprint density at radius 1 is 1.36 bits per heavy atom. The normalized spacial score (nSPS) is 13.5. The predicted octanol–water partition coefficient (Wildman–Crippen LogP) is 0.936. The van der Waals surface area contributed by atoms with Crippen LogP contribution in [0.2, 0.25) is 0 Å². The Hall–Kier alpha value is -0.120. The second-order valence-corrected chi connectivity index (χ2v) is 4.15. The molecule has 86 valence electrons. The quantitative estimate of drug-likeness (QED) is 0.546. The van der Waals surface area contributed by atoms with Crippen molar-refractivity contribution in [3.8, 4) is 0 Å². The summed E-state index contributed by atoms with van der Waals surface area (Å²) in [7, 11) is 4.20. The number of hydrogen-bond donors (Lipinski definition) is 2. The summed E-state index contributed by atoms with van der Waals surface area (Å²) >= 11 is 0. The molecule has 0 bridgehead atoms. The van der Waals surface area contributed by atoms with E-state index in [0.29, 0.717) is 12.5 Å². The number of rotatable bonds is 9. The Balaban J connectivity index is 3.24. The van der Waals surface area contributed by atoms with E-state index >= 15 is 0 Å². The fraction of sp³-hybridized carbons (Fsp3) is 1.00. The van der Waals surface area contributed by atoms with Gasteiger partial charge in [-0.25, -0.2) is 0 Å². The highest BCUT2D eigenvalue weighted by Gasteiger charge is 2.03. The predicted molar refractivity (Wildman–Crippen MR) is 61.5 cm³/mol. The Kier molecular flexibility index (Phi) is 9.35. The van der Waals surface area contributed by atoms with Crippen LogP contribution in [0.1, 0.15) is 26.2 Å². The van der Waals surface area contributed by atoms with Crippen LogP contribution in [0.5, 0.6) is 0 Å². The van der Waals surface area contributed by atoms with Crippen LogP contribution in [-0.4, -0.2) is 50.3 Å². The van der Waals surface area contributed by atoms with Gasteiger partial charge in [-0.1, -0.05) is 13.3 Å². The van der Waals surface area contributed by atoms with Crippen molar-refractivity contribution in [1.82, 2.24) is 10.2 Å². The summed E-state index contributed by atoms with van der Waals surface area (Å²) in [6, 6.07) is 0. The van der Waals surface area contributed by atoms with Crippen molar-refractivity contribution in [2.75, 3.05) is 40.3 Å². The first-order valence-corrected chi connectivity index (χ1v) is 5.67. The molecule has 1 unspecified atom stereocenters. The zero-order valence-corrected chi connectivity index (χ0v) is 9.92. The van der Waals surface area contributed by atoms with Gasteiger partial charge in [0.2, 0.25) is 0 Å². The zero-order chi connectivity index (χ0) is 10.8. The first kappa shape index (κ1) is 13.9. The maximum Gasteiger partial charge on any atom is 0.0434 e. The third-order valence-corrected chi connectivity index (χ3v) is 2.51. The fourth-order valence-corrected chi connectivity index (χ4v) is 1.46. The molecule has 0 aromatic rings. The van der Waals surface area contributed by atoms with Crippen molar-refractivity contribution >= 4 is 0 Å². The maximum atomic E-state index is 8.81. The number of aliphatic hydroxyl groups is 1. The van der Waals surface area contributed by atoms with Crippen LogP contribution in [0.15, 0.2) is 0 Å². The van der Waals surface area contributed by atoms with Gasteiger partial charge in [-0.05, 0) is 52.5 Å². The molecular formula is C11H26N2O. The average Bonchev–Trinajstić information content (AvgIpc) is 2.15. The van der Waals surface area contributed by atoms with Crippen molar-refractivity contribution in [2.45, 2.75) is 26.2 Å². The third-order valence-electron chi connectivity index (χ3n) is 2.51. The van der Waals surface area contributed by atoms with Gasteiger partial charge in [0.25, 0.3) is 0 Å². The van der Waals surface area contributed by atoms with Gasteiger partial charge in [0.1, 0.15) is 0 Å². The Morgan fingerprint density at radius 3 is 2.57 bits per heavy atom. The van der Waals surface area contributed by atoms with Gasteiger partial charge in [-0.15, -0.1) is 0 Å². The van der Waals surface area contributed by atoms with Gasteiger partial charge < -0.3 is 15.3 Å². The summed E-state index contributed by atoms with van der Waals surface area (Å²) in [4.78, 5) is 2.20. The smallest absolute Gasteiger partial charge is 0.0434 e. The highest BCUT2D eigenvalue weighted by Crippen LogP contribution is 2.05. The fourth-order valence-electron chi connectivity index (χ4n) is 1.46. The molecule has 0 aliphatic heterocycles. The molecule has 3 nitrogen and oxygen atoms in total. The molecule has 3 heteroatoms. The first-order valence-electron chi connectivity index (χ1n) is 5.67. The van der Waals surface area contributed by atoms with Crippen molar-refractivity contribution in [3.63, 3.8) is 0 Å². The van der Waals surface area contributed by atoms with Crippen molar-refractivity contribution in [2.24, 2.45) is 5.92 Å². The molecule has 0 amide bonds. The van der Waals surface area contributed by atoms with Crippen molar-refractivity contribution < 1.29 is 5.11 Å². The standard InChI is InChI=1S/C11H26N2O/c1-4-11(6-9-14)10-12-7-5-8-13(2)3/h11-12,14H,4-10H2,1-3H3. The average molecular weight is 202 g/mol. The molecule has 2 N–H and O–H groups in total. The monoisotopic (exact) mass is 202 g/mol. The van der Waals surface area contributed by atoms with Crippen LogP contribution in [0.4, 0.5) is 0 Å². The second kappa shape index (κ2) is 9.44. The lowest BCUT2D eigenvalue weighted by Crippen LogP contribution is -2.26. The minimum Gasteiger partial charge on any atom is -0.396 e. The van der Waals surface area contributed by atoms with E-state index in [9.17, 15) is 0 Å². The second-order valence-electron chi connectivity index (χ2n) is 4.15. The summed E-state index contributed by atoms with van der Waals surface area (Å²) in [5.74, 6) is 0.638. The first-order chi connectivity index (χ1) is 6.70. The summed E-state index contributed by atoms with van der Waals surface area (Å²) in [6.45, 7) is 5.77. The van der Waals surface area contributed by atoms with Gasteiger partial charge in [0.15, 0.2) is 0 Å². The highest BCUT2D eigenvalue weighted by atomic mass is 16.3. The van der Waals surface area contributed by atoms with E-state index in [1.165, 1.54) is 6.42 Å². The molecule has 0 spiro atoms. The Morgan fingerprint density at radius 2 is 2.07 bits per heavy atom. The van der Waals surface area contributed by atoms with E-state index in [2.05, 4.69) is 31.2 Å². The minimum absolute atomic E-state index is 0.317. The molecular weight excluding hydrogens is 176 g/mol. The largest absolute Gasteiger partial charge is 0.396 e. The summed E-state index contributed by atoms with van der Waals surface area (Å²) in [5.41, 5.74) is 0. The molecule has 0 aromatic carbocycles. The minimum atomic E-state index is 0.317. The zero-order valence-electron chi connectivity index (χ0n) is 9.92. The molecule has 0 saturated carbocycles. The Labute approximate surface area is 88.5 Å².